The molecule has 3 aromatic heterocycles. The van der Waals surface area contributed by atoms with Crippen LogP contribution in [-0.4, -0.2) is 79.2 Å². The summed E-state index contributed by atoms with van der Waals surface area (Å²) in [5, 5.41) is 23.0. The van der Waals surface area contributed by atoms with E-state index in [0.29, 0.717) is 18.5 Å². The lowest BCUT2D eigenvalue weighted by Crippen LogP contribution is -2.40. The number of amides is 1. The molecule has 1 aliphatic heterocycles. The van der Waals surface area contributed by atoms with Gasteiger partial charge in [0.1, 0.15) is 5.54 Å². The van der Waals surface area contributed by atoms with Gasteiger partial charge in [0.2, 0.25) is 5.95 Å². The highest BCUT2D eigenvalue weighted by Crippen LogP contribution is 2.46. The fraction of sp³-hybridized carbons (Fsp3) is 0.630. The highest BCUT2D eigenvalue weighted by atomic mass is 16.5. The maximum Gasteiger partial charge on any atom is 0.250 e. The van der Waals surface area contributed by atoms with Crippen LogP contribution in [0.4, 0.5) is 5.95 Å². The number of aliphatic hydroxyl groups is 1. The Bertz CT molecular complexity index is 1270. The van der Waals surface area contributed by atoms with Gasteiger partial charge in [0.05, 0.1) is 30.6 Å². The summed E-state index contributed by atoms with van der Waals surface area (Å²) in [5.41, 5.74) is 3.52. The molecule has 10 nitrogen and oxygen atoms in total. The number of fused-ring (bicyclic) bond motifs is 1. The largest absolute Gasteiger partial charge is 0.393 e. The van der Waals surface area contributed by atoms with Gasteiger partial charge < -0.3 is 20.1 Å². The summed E-state index contributed by atoms with van der Waals surface area (Å²) in [6.45, 7) is 4.31. The van der Waals surface area contributed by atoms with Gasteiger partial charge >= 0.3 is 0 Å². The summed E-state index contributed by atoms with van der Waals surface area (Å²) in [6.07, 6.45) is 12.8. The standard InChI is InChI=1S/C27H37N7O3/c1-18(17-37-2)30-26-28-15-24-22(13-23(34(24)31-26)19-5-7-21(35)8-6-19)20-14-29-33(16-20)27(9-10-27)25(36)32-11-3-4-12-32/h13-16,18-19,21,35H,3-12,17H2,1-2H3,(H,30,31)/t18-,19-,21-/m0/s1. The van der Waals surface area contributed by atoms with Crippen molar-refractivity contribution >= 4 is 17.4 Å². The summed E-state index contributed by atoms with van der Waals surface area (Å²) in [6, 6.07) is 2.28. The summed E-state index contributed by atoms with van der Waals surface area (Å²) < 4.78 is 9.15. The van der Waals surface area contributed by atoms with Crippen molar-refractivity contribution in [2.24, 2.45) is 0 Å². The first-order chi connectivity index (χ1) is 18.0. The second-order valence-corrected chi connectivity index (χ2v) is 11.1. The second-order valence-electron chi connectivity index (χ2n) is 11.1. The topological polar surface area (TPSA) is 110 Å². The van der Waals surface area contributed by atoms with Gasteiger partial charge in [-0.05, 0) is 64.4 Å². The third-order valence-corrected chi connectivity index (χ3v) is 8.30. The number of nitrogens with one attached hydrogen (secondary N) is 1. The van der Waals surface area contributed by atoms with Crippen LogP contribution in [0.5, 0.6) is 0 Å². The van der Waals surface area contributed by atoms with Gasteiger partial charge in [-0.1, -0.05) is 0 Å². The number of hydrogen-bond donors (Lipinski definition) is 2. The predicted octanol–water partition coefficient (Wildman–Crippen LogP) is 3.17. The Labute approximate surface area is 217 Å². The molecule has 6 rings (SSSR count). The highest BCUT2D eigenvalue weighted by molar-refractivity contribution is 5.88. The molecule has 0 bridgehead atoms. The molecule has 3 fully saturated rings. The van der Waals surface area contributed by atoms with Crippen LogP contribution >= 0.6 is 0 Å². The van der Waals surface area contributed by atoms with Gasteiger partial charge in [-0.3, -0.25) is 9.48 Å². The van der Waals surface area contributed by atoms with Crippen molar-refractivity contribution in [2.75, 3.05) is 32.1 Å². The molecule has 2 aliphatic carbocycles. The molecule has 1 saturated heterocycles. The average molecular weight is 508 g/mol. The number of ether oxygens (including phenoxy) is 1. The molecule has 0 aromatic carbocycles. The first kappa shape index (κ1) is 24.4. The zero-order valence-corrected chi connectivity index (χ0v) is 21.8. The molecule has 1 atom stereocenters. The quantitative estimate of drug-likeness (QED) is 0.482. The Morgan fingerprint density at radius 2 is 1.97 bits per heavy atom. The summed E-state index contributed by atoms with van der Waals surface area (Å²) in [7, 11) is 1.68. The molecule has 0 unspecified atom stereocenters. The van der Waals surface area contributed by atoms with Crippen LogP contribution < -0.4 is 5.32 Å². The van der Waals surface area contributed by atoms with Gasteiger partial charge in [0.15, 0.2) is 0 Å². The lowest BCUT2D eigenvalue weighted by atomic mass is 9.85. The number of methoxy groups -OCH3 is 1. The van der Waals surface area contributed by atoms with Crippen molar-refractivity contribution in [1.29, 1.82) is 0 Å². The van der Waals surface area contributed by atoms with E-state index in [2.05, 4.69) is 16.4 Å². The molecule has 0 radical (unpaired) electrons. The molecule has 37 heavy (non-hydrogen) atoms. The maximum absolute atomic E-state index is 13.3. The van der Waals surface area contributed by atoms with E-state index in [0.717, 1.165) is 86.8 Å². The smallest absolute Gasteiger partial charge is 0.250 e. The van der Waals surface area contributed by atoms with E-state index >= 15 is 0 Å². The maximum atomic E-state index is 13.3. The fourth-order valence-electron chi connectivity index (χ4n) is 6.06. The SMILES string of the molecule is COC[C@H](C)Nc1ncc2c(-c3cnn(C4(C(=O)N5CCCC5)CC4)c3)cc([C@H]3CC[C@H](O)CC3)n2n1. The lowest BCUT2D eigenvalue weighted by molar-refractivity contribution is -0.135. The van der Waals surface area contributed by atoms with Crippen LogP contribution in [0.15, 0.2) is 24.7 Å². The number of aliphatic hydroxyl groups excluding tert-OH is 1. The van der Waals surface area contributed by atoms with Gasteiger partial charge in [0.25, 0.3) is 5.91 Å². The number of hydrogen-bond acceptors (Lipinski definition) is 7. The zero-order valence-electron chi connectivity index (χ0n) is 21.8. The van der Waals surface area contributed by atoms with Gasteiger partial charge in [-0.2, -0.15) is 5.10 Å². The normalized spacial score (nSPS) is 23.9. The first-order valence-electron chi connectivity index (χ1n) is 13.7. The monoisotopic (exact) mass is 507 g/mol. The third-order valence-electron chi connectivity index (χ3n) is 8.30. The molecule has 3 aromatic rings. The summed E-state index contributed by atoms with van der Waals surface area (Å²) >= 11 is 0. The number of aromatic nitrogens is 5. The Morgan fingerprint density at radius 1 is 1.22 bits per heavy atom. The van der Waals surface area contributed by atoms with E-state index in [9.17, 15) is 9.90 Å². The Hall–Kier alpha value is -2.98. The number of rotatable bonds is 8. The summed E-state index contributed by atoms with van der Waals surface area (Å²) in [4.78, 5) is 19.9. The number of nitrogens with zero attached hydrogens (tertiary/aromatic N) is 6. The Balaban J connectivity index is 1.35. The van der Waals surface area contributed by atoms with E-state index in [-0.39, 0.29) is 18.1 Å². The third kappa shape index (κ3) is 4.50. The van der Waals surface area contributed by atoms with Crippen LogP contribution in [0.3, 0.4) is 0 Å². The van der Waals surface area contributed by atoms with Crippen molar-refractivity contribution < 1.29 is 14.6 Å². The van der Waals surface area contributed by atoms with E-state index in [1.165, 1.54) is 0 Å². The second kappa shape index (κ2) is 9.72. The molecular weight excluding hydrogens is 470 g/mol. The van der Waals surface area contributed by atoms with Gasteiger partial charge in [0, 0.05) is 55.2 Å². The molecule has 10 heteroatoms. The molecule has 4 heterocycles. The molecule has 0 spiro atoms. The minimum atomic E-state index is -0.522. The average Bonchev–Trinajstić information content (AvgIpc) is 3.25. The number of carbonyl (C=O) groups is 1. The van der Waals surface area contributed by atoms with E-state index < -0.39 is 5.54 Å². The van der Waals surface area contributed by atoms with Crippen molar-refractivity contribution in [3.8, 4) is 11.1 Å². The van der Waals surface area contributed by atoms with E-state index in [4.69, 9.17) is 14.9 Å². The van der Waals surface area contributed by atoms with E-state index in [1.807, 2.05) is 39.6 Å². The molecule has 2 saturated carbocycles. The predicted molar refractivity (Wildman–Crippen MR) is 139 cm³/mol. The summed E-state index contributed by atoms with van der Waals surface area (Å²) in [5.74, 6) is 1.08. The Morgan fingerprint density at radius 3 is 2.68 bits per heavy atom. The molecule has 2 N–H and O–H groups in total. The molecular formula is C27H37N7O3. The van der Waals surface area contributed by atoms with Crippen LogP contribution in [0.25, 0.3) is 16.6 Å². The van der Waals surface area contributed by atoms with Gasteiger partial charge in [-0.25, -0.2) is 9.50 Å². The van der Waals surface area contributed by atoms with E-state index in [1.54, 1.807) is 7.11 Å². The van der Waals surface area contributed by atoms with Crippen LogP contribution in [-0.2, 0) is 15.1 Å². The van der Waals surface area contributed by atoms with Crippen LogP contribution in [0, 0.1) is 0 Å². The number of likely N-dealkylation sites (tertiary alicyclic amines) is 1. The lowest BCUT2D eigenvalue weighted by Gasteiger charge is -2.25. The van der Waals surface area contributed by atoms with Gasteiger partial charge in [-0.15, -0.1) is 5.10 Å². The molecule has 1 amide bonds. The van der Waals surface area contributed by atoms with Crippen molar-refractivity contribution in [2.45, 2.75) is 81.9 Å². The number of anilines is 1. The fourth-order valence-corrected chi connectivity index (χ4v) is 6.06. The molecule has 3 aliphatic rings. The van der Waals surface area contributed by atoms with Crippen molar-refractivity contribution in [3.63, 3.8) is 0 Å². The number of carbonyl (C=O) groups excluding carboxylic acids is 1. The minimum Gasteiger partial charge on any atom is -0.393 e. The van der Waals surface area contributed by atoms with Crippen molar-refractivity contribution in [3.05, 3.63) is 30.4 Å². The van der Waals surface area contributed by atoms with Crippen molar-refractivity contribution in [1.82, 2.24) is 29.3 Å². The first-order valence-corrected chi connectivity index (χ1v) is 13.7. The highest BCUT2D eigenvalue weighted by Gasteiger charge is 2.54. The minimum absolute atomic E-state index is 0.0758. The molecule has 198 valence electrons. The zero-order chi connectivity index (χ0) is 25.6. The van der Waals surface area contributed by atoms with Crippen LogP contribution in [0.1, 0.15) is 69.9 Å². The Kier molecular flexibility index (Phi) is 6.40. The van der Waals surface area contributed by atoms with Crippen LogP contribution in [0.2, 0.25) is 0 Å².